The van der Waals surface area contributed by atoms with Crippen molar-refractivity contribution in [3.8, 4) is 5.75 Å². The summed E-state index contributed by atoms with van der Waals surface area (Å²) in [5.41, 5.74) is 3.17. The lowest BCUT2D eigenvalue weighted by Crippen LogP contribution is -2.28. The Morgan fingerprint density at radius 1 is 1.17 bits per heavy atom. The normalized spacial score (nSPS) is 11.7. The third kappa shape index (κ3) is 4.11. The lowest BCUT2D eigenvalue weighted by molar-refractivity contribution is 0.340. The average molecular weight is 337 g/mol. The highest BCUT2D eigenvalue weighted by molar-refractivity contribution is 7.89. The molecule has 0 aliphatic heterocycles. The molecule has 0 aliphatic rings. The molecule has 0 saturated carbocycles. The van der Waals surface area contributed by atoms with E-state index in [1.807, 2.05) is 32.4 Å². The number of hydrogen-bond donors (Lipinski definition) is 1. The van der Waals surface area contributed by atoms with Crippen LogP contribution in [0.3, 0.4) is 0 Å². The average Bonchev–Trinajstić information content (AvgIpc) is 2.75. The summed E-state index contributed by atoms with van der Waals surface area (Å²) in [5, 5.41) is 4.40. The molecule has 2 rings (SSSR count). The minimum Gasteiger partial charge on any atom is -0.494 e. The SMILES string of the molecule is CCOc1ccc(S(=O)(=O)NCCn2nc(C)c(C)c2C)cc1. The number of nitrogens with zero attached hydrogens (tertiary/aromatic N) is 2. The summed E-state index contributed by atoms with van der Waals surface area (Å²) < 4.78 is 34.3. The number of sulfonamides is 1. The Morgan fingerprint density at radius 3 is 2.35 bits per heavy atom. The number of aryl methyl sites for hydroxylation is 1. The second-order valence-corrected chi connectivity index (χ2v) is 7.09. The van der Waals surface area contributed by atoms with Gasteiger partial charge in [0.25, 0.3) is 0 Å². The summed E-state index contributed by atoms with van der Waals surface area (Å²) in [7, 11) is -3.52. The molecular formula is C16H23N3O3S. The second-order valence-electron chi connectivity index (χ2n) is 5.32. The van der Waals surface area contributed by atoms with Gasteiger partial charge in [-0.3, -0.25) is 4.68 Å². The van der Waals surface area contributed by atoms with Crippen LogP contribution in [0.15, 0.2) is 29.2 Å². The molecule has 1 heterocycles. The van der Waals surface area contributed by atoms with Crippen molar-refractivity contribution < 1.29 is 13.2 Å². The Bertz CT molecular complexity index is 765. The maximum absolute atomic E-state index is 12.3. The van der Waals surface area contributed by atoms with Crippen LogP contribution >= 0.6 is 0 Å². The van der Waals surface area contributed by atoms with Crippen LogP contribution in [0, 0.1) is 20.8 Å². The largest absolute Gasteiger partial charge is 0.494 e. The zero-order valence-corrected chi connectivity index (χ0v) is 14.8. The van der Waals surface area contributed by atoms with Crippen LogP contribution in [0.25, 0.3) is 0 Å². The Balaban J connectivity index is 1.99. The van der Waals surface area contributed by atoms with Crippen molar-refractivity contribution in [2.45, 2.75) is 39.1 Å². The molecule has 0 atom stereocenters. The van der Waals surface area contributed by atoms with Gasteiger partial charge in [-0.25, -0.2) is 13.1 Å². The van der Waals surface area contributed by atoms with Gasteiger partial charge in [-0.2, -0.15) is 5.10 Å². The second kappa shape index (κ2) is 7.14. The van der Waals surface area contributed by atoms with Crippen molar-refractivity contribution in [1.82, 2.24) is 14.5 Å². The number of aromatic nitrogens is 2. The van der Waals surface area contributed by atoms with Crippen molar-refractivity contribution in [3.05, 3.63) is 41.2 Å². The van der Waals surface area contributed by atoms with Crippen LogP contribution in [-0.2, 0) is 16.6 Å². The topological polar surface area (TPSA) is 73.2 Å². The van der Waals surface area contributed by atoms with Crippen LogP contribution in [0.4, 0.5) is 0 Å². The minimum atomic E-state index is -3.52. The lowest BCUT2D eigenvalue weighted by atomic mass is 10.2. The minimum absolute atomic E-state index is 0.227. The van der Waals surface area contributed by atoms with E-state index in [1.54, 1.807) is 24.3 Å². The Hall–Kier alpha value is -1.86. The molecule has 0 radical (unpaired) electrons. The Labute approximate surface area is 137 Å². The van der Waals surface area contributed by atoms with Crippen molar-refractivity contribution >= 4 is 10.0 Å². The molecule has 0 bridgehead atoms. The van der Waals surface area contributed by atoms with Gasteiger partial charge < -0.3 is 4.74 Å². The molecule has 0 aliphatic carbocycles. The van der Waals surface area contributed by atoms with E-state index in [1.165, 1.54) is 0 Å². The molecule has 0 unspecified atom stereocenters. The van der Waals surface area contributed by atoms with Gasteiger partial charge in [0.2, 0.25) is 10.0 Å². The van der Waals surface area contributed by atoms with Crippen LogP contribution in [0.1, 0.15) is 23.9 Å². The monoisotopic (exact) mass is 337 g/mol. The van der Waals surface area contributed by atoms with Crippen LogP contribution < -0.4 is 9.46 Å². The van der Waals surface area contributed by atoms with E-state index < -0.39 is 10.0 Å². The van der Waals surface area contributed by atoms with Crippen molar-refractivity contribution in [1.29, 1.82) is 0 Å². The quantitative estimate of drug-likeness (QED) is 0.840. The van der Waals surface area contributed by atoms with E-state index in [0.717, 1.165) is 17.0 Å². The highest BCUT2D eigenvalue weighted by Crippen LogP contribution is 2.16. The fourth-order valence-electron chi connectivity index (χ4n) is 2.26. The van der Waals surface area contributed by atoms with Gasteiger partial charge in [0.1, 0.15) is 5.75 Å². The van der Waals surface area contributed by atoms with E-state index in [2.05, 4.69) is 9.82 Å². The summed E-state index contributed by atoms with van der Waals surface area (Å²) in [6.07, 6.45) is 0. The summed E-state index contributed by atoms with van der Waals surface area (Å²) >= 11 is 0. The molecule has 23 heavy (non-hydrogen) atoms. The first-order chi connectivity index (χ1) is 10.8. The predicted molar refractivity (Wildman–Crippen MR) is 89.2 cm³/mol. The summed E-state index contributed by atoms with van der Waals surface area (Å²) in [5.74, 6) is 0.657. The van der Waals surface area contributed by atoms with E-state index in [4.69, 9.17) is 4.74 Å². The molecule has 0 saturated heterocycles. The van der Waals surface area contributed by atoms with E-state index >= 15 is 0 Å². The molecule has 0 spiro atoms. The van der Waals surface area contributed by atoms with E-state index in [-0.39, 0.29) is 11.4 Å². The number of ether oxygens (including phenoxy) is 1. The first kappa shape index (κ1) is 17.5. The highest BCUT2D eigenvalue weighted by Gasteiger charge is 2.14. The fourth-order valence-corrected chi connectivity index (χ4v) is 3.28. The standard InChI is InChI=1S/C16H23N3O3S/c1-5-22-15-6-8-16(9-7-15)23(20,21)17-10-11-19-14(4)12(2)13(3)18-19/h6-9,17H,5,10-11H2,1-4H3. The van der Waals surface area contributed by atoms with Crippen LogP contribution in [0.2, 0.25) is 0 Å². The molecule has 2 aromatic rings. The van der Waals surface area contributed by atoms with Gasteiger partial charge in [0.05, 0.1) is 23.7 Å². The molecule has 0 fully saturated rings. The number of benzene rings is 1. The number of nitrogens with one attached hydrogen (secondary N) is 1. The van der Waals surface area contributed by atoms with Crippen molar-refractivity contribution in [2.75, 3.05) is 13.2 Å². The number of rotatable bonds is 7. The van der Waals surface area contributed by atoms with Crippen molar-refractivity contribution in [2.24, 2.45) is 0 Å². The van der Waals surface area contributed by atoms with Gasteiger partial charge >= 0.3 is 0 Å². The van der Waals surface area contributed by atoms with Crippen molar-refractivity contribution in [3.63, 3.8) is 0 Å². The summed E-state index contributed by atoms with van der Waals surface area (Å²) in [4.78, 5) is 0.227. The lowest BCUT2D eigenvalue weighted by Gasteiger charge is -2.09. The number of hydrogen-bond acceptors (Lipinski definition) is 4. The van der Waals surface area contributed by atoms with Gasteiger partial charge in [-0.15, -0.1) is 0 Å². The van der Waals surface area contributed by atoms with E-state index in [9.17, 15) is 8.42 Å². The third-order valence-electron chi connectivity index (χ3n) is 3.80. The zero-order chi connectivity index (χ0) is 17.0. The summed E-state index contributed by atoms with van der Waals surface area (Å²) in [6, 6.07) is 6.40. The smallest absolute Gasteiger partial charge is 0.240 e. The zero-order valence-electron chi connectivity index (χ0n) is 14.0. The molecular weight excluding hydrogens is 314 g/mol. The summed E-state index contributed by atoms with van der Waals surface area (Å²) in [6.45, 7) is 9.16. The first-order valence-electron chi connectivity index (χ1n) is 7.58. The Kier molecular flexibility index (Phi) is 5.43. The molecule has 1 aromatic heterocycles. The van der Waals surface area contributed by atoms with Crippen LogP contribution in [-0.4, -0.2) is 31.3 Å². The fraction of sp³-hybridized carbons (Fsp3) is 0.438. The molecule has 1 N–H and O–H groups in total. The first-order valence-corrected chi connectivity index (χ1v) is 9.06. The van der Waals surface area contributed by atoms with Gasteiger partial charge in [-0.05, 0) is 57.5 Å². The predicted octanol–water partition coefficient (Wildman–Crippen LogP) is 2.19. The molecule has 1 aromatic carbocycles. The van der Waals surface area contributed by atoms with Gasteiger partial charge in [0, 0.05) is 12.2 Å². The molecule has 0 amide bonds. The van der Waals surface area contributed by atoms with Gasteiger partial charge in [-0.1, -0.05) is 0 Å². The maximum Gasteiger partial charge on any atom is 0.240 e. The van der Waals surface area contributed by atoms with E-state index in [0.29, 0.717) is 18.9 Å². The third-order valence-corrected chi connectivity index (χ3v) is 5.28. The van der Waals surface area contributed by atoms with Gasteiger partial charge in [0.15, 0.2) is 0 Å². The molecule has 6 nitrogen and oxygen atoms in total. The molecule has 126 valence electrons. The highest BCUT2D eigenvalue weighted by atomic mass is 32.2. The maximum atomic E-state index is 12.3. The Morgan fingerprint density at radius 2 is 1.83 bits per heavy atom. The van der Waals surface area contributed by atoms with Crippen LogP contribution in [0.5, 0.6) is 5.75 Å². The molecule has 7 heteroatoms.